The third-order valence-electron chi connectivity index (χ3n) is 3.96. The summed E-state index contributed by atoms with van der Waals surface area (Å²) < 4.78 is 0. The predicted octanol–water partition coefficient (Wildman–Crippen LogP) is 2.53. The Bertz CT molecular complexity index is 621. The van der Waals surface area contributed by atoms with Crippen LogP contribution in [0, 0.1) is 5.92 Å². The van der Waals surface area contributed by atoms with Crippen LogP contribution in [0.2, 0.25) is 0 Å². The number of carboxylic acid groups (broad SMARTS) is 1. The lowest BCUT2D eigenvalue weighted by atomic mass is 9.97. The molecule has 1 atom stereocenters. The first kappa shape index (κ1) is 13.1. The van der Waals surface area contributed by atoms with Crippen LogP contribution in [-0.2, 0) is 11.3 Å². The molecule has 20 heavy (non-hydrogen) atoms. The van der Waals surface area contributed by atoms with E-state index in [2.05, 4.69) is 28.1 Å². The highest BCUT2D eigenvalue weighted by molar-refractivity contribution is 5.81. The summed E-state index contributed by atoms with van der Waals surface area (Å²) in [7, 11) is 0. The van der Waals surface area contributed by atoms with Crippen LogP contribution in [0.4, 0.5) is 0 Å². The van der Waals surface area contributed by atoms with Crippen LogP contribution in [0.3, 0.4) is 0 Å². The number of pyridine rings is 1. The summed E-state index contributed by atoms with van der Waals surface area (Å²) in [5.41, 5.74) is 2.20. The van der Waals surface area contributed by atoms with Crippen molar-refractivity contribution in [1.29, 1.82) is 0 Å². The van der Waals surface area contributed by atoms with E-state index in [-0.39, 0.29) is 5.92 Å². The number of hydrogen-bond acceptors (Lipinski definition) is 3. The van der Waals surface area contributed by atoms with Gasteiger partial charge in [-0.3, -0.25) is 14.7 Å². The second-order valence-electron chi connectivity index (χ2n) is 5.40. The fourth-order valence-electron chi connectivity index (χ4n) is 2.94. The number of carboxylic acids is 1. The Morgan fingerprint density at radius 3 is 3.05 bits per heavy atom. The van der Waals surface area contributed by atoms with E-state index in [4.69, 9.17) is 5.11 Å². The van der Waals surface area contributed by atoms with Gasteiger partial charge in [0, 0.05) is 24.7 Å². The number of aromatic nitrogens is 1. The quantitative estimate of drug-likeness (QED) is 0.931. The number of fused-ring (bicyclic) bond motifs is 1. The van der Waals surface area contributed by atoms with Crippen molar-refractivity contribution in [2.75, 3.05) is 13.1 Å². The topological polar surface area (TPSA) is 53.4 Å². The molecule has 1 aliphatic heterocycles. The molecular formula is C16H18N2O2. The van der Waals surface area contributed by atoms with Gasteiger partial charge in [-0.05, 0) is 31.0 Å². The maximum Gasteiger partial charge on any atom is 0.307 e. The van der Waals surface area contributed by atoms with Gasteiger partial charge in [0.25, 0.3) is 0 Å². The number of aliphatic carboxylic acids is 1. The third-order valence-corrected chi connectivity index (χ3v) is 3.96. The number of carbonyl (C=O) groups is 1. The van der Waals surface area contributed by atoms with E-state index in [0.717, 1.165) is 36.8 Å². The zero-order valence-corrected chi connectivity index (χ0v) is 11.3. The molecule has 3 rings (SSSR count). The zero-order valence-electron chi connectivity index (χ0n) is 11.3. The number of likely N-dealkylation sites (tertiary alicyclic amines) is 1. The van der Waals surface area contributed by atoms with Crippen molar-refractivity contribution in [3.63, 3.8) is 0 Å². The summed E-state index contributed by atoms with van der Waals surface area (Å²) in [5.74, 6) is -0.905. The Labute approximate surface area is 118 Å². The summed E-state index contributed by atoms with van der Waals surface area (Å²) in [6.45, 7) is 2.38. The van der Waals surface area contributed by atoms with E-state index < -0.39 is 5.97 Å². The molecule has 0 saturated carbocycles. The van der Waals surface area contributed by atoms with Crippen LogP contribution in [0.25, 0.3) is 10.9 Å². The molecule has 1 aromatic heterocycles. The molecule has 4 heteroatoms. The van der Waals surface area contributed by atoms with Crippen molar-refractivity contribution >= 4 is 16.9 Å². The van der Waals surface area contributed by atoms with E-state index in [9.17, 15) is 4.79 Å². The molecule has 0 amide bonds. The lowest BCUT2D eigenvalue weighted by Crippen LogP contribution is -2.38. The molecule has 0 bridgehead atoms. The molecule has 1 N–H and O–H groups in total. The molecule has 1 saturated heterocycles. The molecule has 2 heterocycles. The first-order chi connectivity index (χ1) is 9.74. The summed E-state index contributed by atoms with van der Waals surface area (Å²) in [5, 5.41) is 10.3. The second kappa shape index (κ2) is 5.59. The van der Waals surface area contributed by atoms with E-state index >= 15 is 0 Å². The van der Waals surface area contributed by atoms with E-state index in [1.54, 1.807) is 0 Å². The molecule has 0 radical (unpaired) electrons. The molecular weight excluding hydrogens is 252 g/mol. The molecule has 104 valence electrons. The van der Waals surface area contributed by atoms with Crippen LogP contribution in [0.1, 0.15) is 18.4 Å². The average Bonchev–Trinajstić information content (AvgIpc) is 2.48. The molecule has 1 unspecified atom stereocenters. The maximum absolute atomic E-state index is 11.1. The van der Waals surface area contributed by atoms with Crippen LogP contribution < -0.4 is 0 Å². The fraction of sp³-hybridized carbons (Fsp3) is 0.375. The van der Waals surface area contributed by atoms with E-state index in [1.807, 2.05) is 18.3 Å². The van der Waals surface area contributed by atoms with Gasteiger partial charge < -0.3 is 5.11 Å². The van der Waals surface area contributed by atoms with Crippen molar-refractivity contribution in [3.8, 4) is 0 Å². The van der Waals surface area contributed by atoms with E-state index in [1.165, 1.54) is 5.56 Å². The molecule has 1 aromatic carbocycles. The van der Waals surface area contributed by atoms with Gasteiger partial charge in [0.2, 0.25) is 0 Å². The highest BCUT2D eigenvalue weighted by atomic mass is 16.4. The Hall–Kier alpha value is -1.94. The monoisotopic (exact) mass is 270 g/mol. The maximum atomic E-state index is 11.1. The van der Waals surface area contributed by atoms with Crippen LogP contribution in [0.15, 0.2) is 36.5 Å². The number of para-hydroxylation sites is 1. The number of rotatable bonds is 3. The number of hydrogen-bond donors (Lipinski definition) is 1. The summed E-state index contributed by atoms with van der Waals surface area (Å²) in [4.78, 5) is 17.8. The van der Waals surface area contributed by atoms with Gasteiger partial charge in [-0.25, -0.2) is 0 Å². The molecule has 2 aromatic rings. The Morgan fingerprint density at radius 2 is 2.20 bits per heavy atom. The van der Waals surface area contributed by atoms with Crippen LogP contribution in [0.5, 0.6) is 0 Å². The van der Waals surface area contributed by atoms with Gasteiger partial charge in [-0.15, -0.1) is 0 Å². The normalized spacial score (nSPS) is 20.1. The molecule has 1 fully saturated rings. The van der Waals surface area contributed by atoms with Crippen molar-refractivity contribution in [3.05, 3.63) is 42.1 Å². The van der Waals surface area contributed by atoms with Crippen LogP contribution in [-0.4, -0.2) is 34.0 Å². The minimum atomic E-state index is -0.675. The van der Waals surface area contributed by atoms with Crippen LogP contribution >= 0.6 is 0 Å². The summed E-state index contributed by atoms with van der Waals surface area (Å²) in [6.07, 6.45) is 3.55. The molecule has 0 aliphatic carbocycles. The molecule has 1 aliphatic rings. The minimum Gasteiger partial charge on any atom is -0.481 e. The predicted molar refractivity (Wildman–Crippen MR) is 77.4 cm³/mol. The third kappa shape index (κ3) is 2.65. The average molecular weight is 270 g/mol. The lowest BCUT2D eigenvalue weighted by Gasteiger charge is -2.30. The Balaban J connectivity index is 1.81. The van der Waals surface area contributed by atoms with Gasteiger partial charge in [0.15, 0.2) is 0 Å². The highest BCUT2D eigenvalue weighted by Crippen LogP contribution is 2.22. The first-order valence-electron chi connectivity index (χ1n) is 7.02. The van der Waals surface area contributed by atoms with Crippen molar-refractivity contribution in [1.82, 2.24) is 9.88 Å². The van der Waals surface area contributed by atoms with Gasteiger partial charge in [0.1, 0.15) is 0 Å². The van der Waals surface area contributed by atoms with Gasteiger partial charge in [-0.2, -0.15) is 0 Å². The number of nitrogens with zero attached hydrogens (tertiary/aromatic N) is 2. The largest absolute Gasteiger partial charge is 0.481 e. The van der Waals surface area contributed by atoms with Gasteiger partial charge >= 0.3 is 5.97 Å². The van der Waals surface area contributed by atoms with E-state index in [0.29, 0.717) is 6.54 Å². The number of piperidine rings is 1. The van der Waals surface area contributed by atoms with Gasteiger partial charge in [0.05, 0.1) is 11.4 Å². The summed E-state index contributed by atoms with van der Waals surface area (Å²) in [6, 6.07) is 10.2. The standard InChI is InChI=1S/C16H18N2O2/c19-16(20)14-7-3-9-18(11-14)10-13-5-1-4-12-6-2-8-17-15(12)13/h1-2,4-6,8,14H,3,7,9-11H2,(H,19,20). The lowest BCUT2D eigenvalue weighted by molar-refractivity contribution is -0.143. The second-order valence-corrected chi connectivity index (χ2v) is 5.40. The first-order valence-corrected chi connectivity index (χ1v) is 7.02. The van der Waals surface area contributed by atoms with Crippen molar-refractivity contribution < 1.29 is 9.90 Å². The summed E-state index contributed by atoms with van der Waals surface area (Å²) >= 11 is 0. The minimum absolute atomic E-state index is 0.230. The van der Waals surface area contributed by atoms with Crippen molar-refractivity contribution in [2.24, 2.45) is 5.92 Å². The Kier molecular flexibility index (Phi) is 3.65. The van der Waals surface area contributed by atoms with Gasteiger partial charge in [-0.1, -0.05) is 24.3 Å². The highest BCUT2D eigenvalue weighted by Gasteiger charge is 2.25. The molecule has 4 nitrogen and oxygen atoms in total. The fourth-order valence-corrected chi connectivity index (χ4v) is 2.94. The SMILES string of the molecule is O=C(O)C1CCCN(Cc2cccc3cccnc23)C1. The number of benzene rings is 1. The Morgan fingerprint density at radius 1 is 1.35 bits per heavy atom. The van der Waals surface area contributed by atoms with Crippen molar-refractivity contribution in [2.45, 2.75) is 19.4 Å². The zero-order chi connectivity index (χ0) is 13.9. The smallest absolute Gasteiger partial charge is 0.307 e. The molecule has 0 spiro atoms.